The Balaban J connectivity index is 1.65. The first kappa shape index (κ1) is 17.3. The number of nitrogens with zero attached hydrogens (tertiary/aromatic N) is 1. The number of morpholine rings is 1. The minimum absolute atomic E-state index is 0.198. The highest BCUT2D eigenvalue weighted by Gasteiger charge is 2.31. The van der Waals surface area contributed by atoms with Gasteiger partial charge < -0.3 is 14.1 Å². The van der Waals surface area contributed by atoms with E-state index in [1.54, 1.807) is 23.1 Å². The first-order chi connectivity index (χ1) is 11.9. The molecule has 7 heteroatoms. The second-order valence-corrected chi connectivity index (χ2v) is 5.61. The molecule has 1 saturated heterocycles. The Labute approximate surface area is 142 Å². The van der Waals surface area contributed by atoms with E-state index in [-0.39, 0.29) is 12.5 Å². The van der Waals surface area contributed by atoms with Crippen molar-refractivity contribution in [1.82, 2.24) is 4.90 Å². The number of amides is 1. The van der Waals surface area contributed by atoms with Gasteiger partial charge in [0.05, 0.1) is 25.0 Å². The van der Waals surface area contributed by atoms with Crippen molar-refractivity contribution in [1.29, 1.82) is 0 Å². The third kappa shape index (κ3) is 4.30. The number of halogens is 3. The Morgan fingerprint density at radius 3 is 2.60 bits per heavy atom. The molecule has 1 amide bonds. The van der Waals surface area contributed by atoms with Gasteiger partial charge in [0.2, 0.25) is 5.91 Å². The lowest BCUT2D eigenvalue weighted by Crippen LogP contribution is -2.41. The molecule has 0 radical (unpaired) electrons. The van der Waals surface area contributed by atoms with Gasteiger partial charge in [-0.2, -0.15) is 13.2 Å². The molecule has 132 valence electrons. The number of alkyl halides is 3. The molecule has 0 spiro atoms. The van der Waals surface area contributed by atoms with Crippen LogP contribution in [0.4, 0.5) is 13.2 Å². The van der Waals surface area contributed by atoms with Gasteiger partial charge in [-0.3, -0.25) is 4.79 Å². The Bertz CT molecular complexity index is 736. The first-order valence-electron chi connectivity index (χ1n) is 7.73. The van der Waals surface area contributed by atoms with Crippen LogP contribution in [0.2, 0.25) is 0 Å². The molecule has 3 rings (SSSR count). The summed E-state index contributed by atoms with van der Waals surface area (Å²) in [5.74, 6) is 0.373. The molecular formula is C18H16F3NO3. The largest absolute Gasteiger partial charge is 0.465 e. The van der Waals surface area contributed by atoms with Gasteiger partial charge in [-0.05, 0) is 35.9 Å². The molecule has 1 aromatic heterocycles. The molecule has 0 saturated carbocycles. The molecule has 4 nitrogen and oxygen atoms in total. The van der Waals surface area contributed by atoms with E-state index in [0.29, 0.717) is 24.5 Å². The van der Waals surface area contributed by atoms with Crippen molar-refractivity contribution in [3.05, 3.63) is 65.6 Å². The molecule has 0 unspecified atom stereocenters. The second kappa shape index (κ2) is 7.14. The number of ether oxygens (including phenoxy) is 1. The van der Waals surface area contributed by atoms with Crippen molar-refractivity contribution in [3.8, 4) is 0 Å². The van der Waals surface area contributed by atoms with Crippen LogP contribution >= 0.6 is 0 Å². The number of benzene rings is 1. The highest BCUT2D eigenvalue weighted by Crippen LogP contribution is 2.31. The maximum absolute atomic E-state index is 12.6. The first-order valence-corrected chi connectivity index (χ1v) is 7.73. The number of rotatable bonds is 3. The monoisotopic (exact) mass is 351 g/mol. The molecule has 1 aliphatic rings. The van der Waals surface area contributed by atoms with E-state index in [2.05, 4.69) is 0 Å². The molecule has 0 N–H and O–H groups in total. The van der Waals surface area contributed by atoms with Crippen molar-refractivity contribution in [2.45, 2.75) is 12.3 Å². The van der Waals surface area contributed by atoms with E-state index in [1.807, 2.05) is 0 Å². The summed E-state index contributed by atoms with van der Waals surface area (Å²) in [6.07, 6.45) is -0.319. The van der Waals surface area contributed by atoms with E-state index in [9.17, 15) is 18.0 Å². The van der Waals surface area contributed by atoms with Gasteiger partial charge in [0, 0.05) is 12.6 Å². The smallest absolute Gasteiger partial charge is 0.416 e. The molecule has 2 heterocycles. The molecule has 1 aromatic carbocycles. The third-order valence-corrected chi connectivity index (χ3v) is 3.92. The minimum atomic E-state index is -4.37. The Hall–Kier alpha value is -2.54. The van der Waals surface area contributed by atoms with Gasteiger partial charge in [-0.1, -0.05) is 12.1 Å². The minimum Gasteiger partial charge on any atom is -0.465 e. The van der Waals surface area contributed by atoms with E-state index in [1.165, 1.54) is 24.5 Å². The van der Waals surface area contributed by atoms with Crippen molar-refractivity contribution >= 4 is 12.0 Å². The zero-order chi connectivity index (χ0) is 17.9. The Kier molecular flexibility index (Phi) is 4.94. The number of hydrogen-bond acceptors (Lipinski definition) is 3. The molecule has 1 aliphatic heterocycles. The highest BCUT2D eigenvalue weighted by molar-refractivity contribution is 5.91. The summed E-state index contributed by atoms with van der Waals surface area (Å²) in [6, 6.07) is 8.28. The van der Waals surface area contributed by atoms with Gasteiger partial charge in [0.25, 0.3) is 0 Å². The average Bonchev–Trinajstić information content (AvgIpc) is 3.13. The second-order valence-electron chi connectivity index (χ2n) is 5.61. The molecule has 25 heavy (non-hydrogen) atoms. The summed E-state index contributed by atoms with van der Waals surface area (Å²) < 4.78 is 48.6. The summed E-state index contributed by atoms with van der Waals surface area (Å²) in [4.78, 5) is 13.9. The van der Waals surface area contributed by atoms with Crippen molar-refractivity contribution < 1.29 is 27.1 Å². The molecule has 1 fully saturated rings. The van der Waals surface area contributed by atoms with E-state index in [4.69, 9.17) is 9.15 Å². The number of hydrogen-bond donors (Lipinski definition) is 0. The topological polar surface area (TPSA) is 42.7 Å². The van der Waals surface area contributed by atoms with Gasteiger partial charge >= 0.3 is 6.18 Å². The number of furan rings is 1. The predicted octanol–water partition coefficient (Wildman–Crippen LogP) is 3.91. The highest BCUT2D eigenvalue weighted by atomic mass is 19.4. The van der Waals surface area contributed by atoms with Crippen LogP contribution < -0.4 is 0 Å². The van der Waals surface area contributed by atoms with E-state index < -0.39 is 17.8 Å². The van der Waals surface area contributed by atoms with Gasteiger partial charge in [0.15, 0.2) is 0 Å². The lowest BCUT2D eigenvalue weighted by Gasteiger charge is -2.32. The fraction of sp³-hybridized carbons (Fsp3) is 0.278. The summed E-state index contributed by atoms with van der Waals surface area (Å²) in [7, 11) is 0. The van der Waals surface area contributed by atoms with Crippen LogP contribution in [-0.2, 0) is 15.7 Å². The average molecular weight is 351 g/mol. The predicted molar refractivity (Wildman–Crippen MR) is 84.5 cm³/mol. The molecule has 0 aliphatic carbocycles. The lowest BCUT2D eigenvalue weighted by molar-refractivity contribution is -0.137. The van der Waals surface area contributed by atoms with Crippen LogP contribution in [0.1, 0.15) is 23.0 Å². The maximum Gasteiger partial charge on any atom is 0.416 e. The van der Waals surface area contributed by atoms with Crippen LogP contribution in [-0.4, -0.2) is 30.5 Å². The van der Waals surface area contributed by atoms with Gasteiger partial charge in [-0.15, -0.1) is 0 Å². The van der Waals surface area contributed by atoms with Crippen LogP contribution in [0.15, 0.2) is 53.2 Å². The Morgan fingerprint density at radius 1 is 1.20 bits per heavy atom. The van der Waals surface area contributed by atoms with Crippen LogP contribution in [0, 0.1) is 0 Å². The Morgan fingerprint density at radius 2 is 1.96 bits per heavy atom. The molecule has 2 aromatic rings. The summed E-state index contributed by atoms with van der Waals surface area (Å²) in [6.45, 7) is 1.04. The van der Waals surface area contributed by atoms with Crippen molar-refractivity contribution in [2.75, 3.05) is 19.7 Å². The van der Waals surface area contributed by atoms with Crippen LogP contribution in [0.25, 0.3) is 6.08 Å². The zero-order valence-corrected chi connectivity index (χ0v) is 13.2. The van der Waals surface area contributed by atoms with Crippen molar-refractivity contribution in [2.24, 2.45) is 0 Å². The zero-order valence-electron chi connectivity index (χ0n) is 13.2. The van der Waals surface area contributed by atoms with Gasteiger partial charge in [0.1, 0.15) is 11.9 Å². The SMILES string of the molecule is O=C(/C=C/c1ccco1)N1CCO[C@@H](c2ccc(C(F)(F)F)cc2)C1. The van der Waals surface area contributed by atoms with E-state index >= 15 is 0 Å². The summed E-state index contributed by atoms with van der Waals surface area (Å²) in [5.41, 5.74) is -0.0955. The normalized spacial score (nSPS) is 18.7. The molecule has 0 bridgehead atoms. The maximum atomic E-state index is 12.6. The van der Waals surface area contributed by atoms with Crippen LogP contribution in [0.5, 0.6) is 0 Å². The quantitative estimate of drug-likeness (QED) is 0.788. The van der Waals surface area contributed by atoms with Crippen molar-refractivity contribution in [3.63, 3.8) is 0 Å². The summed E-state index contributed by atoms with van der Waals surface area (Å²) in [5, 5.41) is 0. The van der Waals surface area contributed by atoms with E-state index in [0.717, 1.165) is 12.1 Å². The standard InChI is InChI=1S/C18H16F3NO3/c19-18(20,21)14-5-3-13(4-6-14)16-12-22(9-11-25-16)17(23)8-7-15-2-1-10-24-15/h1-8,10,16H,9,11-12H2/b8-7+/t16-/m1/s1. The lowest BCUT2D eigenvalue weighted by atomic mass is 10.1. The third-order valence-electron chi connectivity index (χ3n) is 3.92. The van der Waals surface area contributed by atoms with Crippen LogP contribution in [0.3, 0.4) is 0 Å². The fourth-order valence-electron chi connectivity index (χ4n) is 2.58. The molecular weight excluding hydrogens is 335 g/mol. The molecule has 1 atom stereocenters. The van der Waals surface area contributed by atoms with Gasteiger partial charge in [-0.25, -0.2) is 0 Å². The number of carbonyl (C=O) groups excluding carboxylic acids is 1. The number of carbonyl (C=O) groups is 1. The fourth-order valence-corrected chi connectivity index (χ4v) is 2.58. The summed E-state index contributed by atoms with van der Waals surface area (Å²) >= 11 is 0.